The molecule has 0 atom stereocenters. The van der Waals surface area contributed by atoms with Crippen molar-refractivity contribution in [1.29, 1.82) is 0 Å². The van der Waals surface area contributed by atoms with Gasteiger partial charge < -0.3 is 26.2 Å². The lowest BCUT2D eigenvalue weighted by Gasteiger charge is -2.32. The number of benzene rings is 1. The zero-order valence-corrected chi connectivity index (χ0v) is 11.9. The van der Waals surface area contributed by atoms with Crippen molar-refractivity contribution in [1.82, 2.24) is 0 Å². The molecule has 0 radical (unpaired) electrons. The normalized spacial score (nSPS) is 20.5. The molecule has 114 valence electrons. The van der Waals surface area contributed by atoms with Crippen molar-refractivity contribution in [3.63, 3.8) is 0 Å². The van der Waals surface area contributed by atoms with Gasteiger partial charge >= 0.3 is 0 Å². The van der Waals surface area contributed by atoms with Crippen LogP contribution in [0.3, 0.4) is 0 Å². The van der Waals surface area contributed by atoms with Crippen molar-refractivity contribution in [2.45, 2.75) is 31.3 Å². The summed E-state index contributed by atoms with van der Waals surface area (Å²) in [6.45, 7) is 1.62. The summed E-state index contributed by atoms with van der Waals surface area (Å²) in [5, 5.41) is 16.5. The highest BCUT2D eigenvalue weighted by molar-refractivity contribution is 5.95. The molecule has 1 saturated heterocycles. The molecule has 0 aromatic heterocycles. The molecule has 2 aliphatic heterocycles. The molecular weight excluding hydrogens is 270 g/mol. The van der Waals surface area contributed by atoms with Crippen LogP contribution in [0.5, 0.6) is 0 Å². The number of rotatable bonds is 3. The summed E-state index contributed by atoms with van der Waals surface area (Å²) in [5.74, 6) is 0.0270. The van der Waals surface area contributed by atoms with Crippen molar-refractivity contribution in [2.24, 2.45) is 0 Å². The molecule has 2 heterocycles. The predicted molar refractivity (Wildman–Crippen MR) is 81.3 cm³/mol. The van der Waals surface area contributed by atoms with E-state index in [1.165, 1.54) is 0 Å². The molecule has 0 saturated carbocycles. The van der Waals surface area contributed by atoms with E-state index in [2.05, 4.69) is 10.6 Å². The number of nitrogen functional groups attached to an aromatic ring is 1. The Kier molecular flexibility index (Phi) is 3.73. The second-order valence-electron chi connectivity index (χ2n) is 5.84. The van der Waals surface area contributed by atoms with Crippen molar-refractivity contribution in [3.8, 4) is 0 Å². The van der Waals surface area contributed by atoms with E-state index in [0.717, 1.165) is 16.9 Å². The molecule has 2 aliphatic rings. The molecule has 3 rings (SSSR count). The fourth-order valence-electron chi connectivity index (χ4n) is 2.79. The van der Waals surface area contributed by atoms with Crippen LogP contribution in [-0.4, -0.2) is 36.4 Å². The zero-order chi connectivity index (χ0) is 14.9. The quantitative estimate of drug-likeness (QED) is 0.626. The van der Waals surface area contributed by atoms with E-state index in [1.54, 1.807) is 6.07 Å². The van der Waals surface area contributed by atoms with Crippen LogP contribution in [0.1, 0.15) is 24.8 Å². The third kappa shape index (κ3) is 3.11. The number of hydrogen-bond donors (Lipinski definition) is 4. The summed E-state index contributed by atoms with van der Waals surface area (Å²) in [6, 6.07) is 3.75. The van der Waals surface area contributed by atoms with Crippen LogP contribution in [0.25, 0.3) is 0 Å². The Morgan fingerprint density at radius 1 is 1.33 bits per heavy atom. The highest BCUT2D eigenvalue weighted by Gasteiger charge is 2.29. The first-order valence-corrected chi connectivity index (χ1v) is 7.32. The molecule has 6 nitrogen and oxygen atoms in total. The SMILES string of the molecule is Nc1cc2c(cc1NCC1(O)CCOCC1)CCC(=O)N2. The van der Waals surface area contributed by atoms with Gasteiger partial charge in [-0.25, -0.2) is 0 Å². The summed E-state index contributed by atoms with van der Waals surface area (Å²) >= 11 is 0. The van der Waals surface area contributed by atoms with E-state index < -0.39 is 5.60 Å². The largest absolute Gasteiger partial charge is 0.397 e. The minimum Gasteiger partial charge on any atom is -0.397 e. The second-order valence-corrected chi connectivity index (χ2v) is 5.84. The molecular formula is C15H21N3O3. The number of carbonyl (C=O) groups is 1. The van der Waals surface area contributed by atoms with E-state index >= 15 is 0 Å². The van der Waals surface area contributed by atoms with E-state index in [4.69, 9.17) is 10.5 Å². The van der Waals surface area contributed by atoms with Gasteiger partial charge in [0.25, 0.3) is 0 Å². The van der Waals surface area contributed by atoms with Crippen LogP contribution >= 0.6 is 0 Å². The molecule has 21 heavy (non-hydrogen) atoms. The number of nitrogens with one attached hydrogen (secondary N) is 2. The molecule has 0 aliphatic carbocycles. The average Bonchev–Trinajstić information content (AvgIpc) is 2.46. The first kappa shape index (κ1) is 14.2. The van der Waals surface area contributed by atoms with E-state index in [9.17, 15) is 9.90 Å². The maximum Gasteiger partial charge on any atom is 0.224 e. The van der Waals surface area contributed by atoms with Gasteiger partial charge in [0, 0.05) is 44.7 Å². The third-order valence-electron chi connectivity index (χ3n) is 4.20. The summed E-state index contributed by atoms with van der Waals surface area (Å²) in [6.07, 6.45) is 2.47. The zero-order valence-electron chi connectivity index (χ0n) is 11.9. The van der Waals surface area contributed by atoms with Crippen LogP contribution in [0.2, 0.25) is 0 Å². The highest BCUT2D eigenvalue weighted by Crippen LogP contribution is 2.31. The first-order chi connectivity index (χ1) is 10.1. The number of carbonyl (C=O) groups excluding carboxylic acids is 1. The predicted octanol–water partition coefficient (Wildman–Crippen LogP) is 1.11. The Balaban J connectivity index is 1.72. The van der Waals surface area contributed by atoms with Gasteiger partial charge in [-0.3, -0.25) is 4.79 Å². The van der Waals surface area contributed by atoms with Gasteiger partial charge in [-0.1, -0.05) is 0 Å². The Morgan fingerprint density at radius 3 is 2.86 bits per heavy atom. The van der Waals surface area contributed by atoms with Crippen molar-refractivity contribution < 1.29 is 14.6 Å². The lowest BCUT2D eigenvalue weighted by molar-refractivity contribution is -0.116. The van der Waals surface area contributed by atoms with Gasteiger partial charge in [0.05, 0.1) is 17.0 Å². The third-order valence-corrected chi connectivity index (χ3v) is 4.20. The van der Waals surface area contributed by atoms with E-state index in [-0.39, 0.29) is 5.91 Å². The van der Waals surface area contributed by atoms with Crippen LogP contribution in [0.4, 0.5) is 17.1 Å². The highest BCUT2D eigenvalue weighted by atomic mass is 16.5. The van der Waals surface area contributed by atoms with E-state index in [0.29, 0.717) is 51.1 Å². The number of amides is 1. The van der Waals surface area contributed by atoms with Gasteiger partial charge in [-0.15, -0.1) is 0 Å². The molecule has 1 aromatic rings. The molecule has 0 unspecified atom stereocenters. The van der Waals surface area contributed by atoms with Gasteiger partial charge in [-0.2, -0.15) is 0 Å². The van der Waals surface area contributed by atoms with Crippen molar-refractivity contribution in [3.05, 3.63) is 17.7 Å². The number of nitrogens with two attached hydrogens (primary N) is 1. The van der Waals surface area contributed by atoms with Gasteiger partial charge in [0.2, 0.25) is 5.91 Å². The Hall–Kier alpha value is -1.79. The Morgan fingerprint density at radius 2 is 2.10 bits per heavy atom. The molecule has 0 bridgehead atoms. The summed E-state index contributed by atoms with van der Waals surface area (Å²) < 4.78 is 5.27. The summed E-state index contributed by atoms with van der Waals surface area (Å²) in [5.41, 5.74) is 8.54. The van der Waals surface area contributed by atoms with Crippen molar-refractivity contribution >= 4 is 23.0 Å². The van der Waals surface area contributed by atoms with Gasteiger partial charge in [0.1, 0.15) is 0 Å². The molecule has 1 fully saturated rings. The Bertz CT molecular complexity index is 553. The molecule has 0 spiro atoms. The topological polar surface area (TPSA) is 96.6 Å². The second kappa shape index (κ2) is 5.54. The summed E-state index contributed by atoms with van der Waals surface area (Å²) in [4.78, 5) is 11.4. The van der Waals surface area contributed by atoms with E-state index in [1.807, 2.05) is 6.07 Å². The number of hydrogen-bond acceptors (Lipinski definition) is 5. The fraction of sp³-hybridized carbons (Fsp3) is 0.533. The number of aliphatic hydroxyl groups is 1. The monoisotopic (exact) mass is 291 g/mol. The number of anilines is 3. The maximum absolute atomic E-state index is 11.4. The number of ether oxygens (including phenoxy) is 1. The van der Waals surface area contributed by atoms with Crippen LogP contribution in [-0.2, 0) is 16.0 Å². The number of aryl methyl sites for hydroxylation is 1. The van der Waals surface area contributed by atoms with Crippen LogP contribution in [0.15, 0.2) is 12.1 Å². The lowest BCUT2D eigenvalue weighted by Crippen LogP contribution is -2.42. The van der Waals surface area contributed by atoms with Crippen LogP contribution in [0, 0.1) is 0 Å². The number of fused-ring (bicyclic) bond motifs is 1. The van der Waals surface area contributed by atoms with Crippen LogP contribution < -0.4 is 16.4 Å². The molecule has 1 amide bonds. The Labute approximate surface area is 123 Å². The molecule has 6 heteroatoms. The summed E-state index contributed by atoms with van der Waals surface area (Å²) in [7, 11) is 0. The first-order valence-electron chi connectivity index (χ1n) is 7.32. The van der Waals surface area contributed by atoms with Gasteiger partial charge in [0.15, 0.2) is 0 Å². The minimum absolute atomic E-state index is 0.0270. The minimum atomic E-state index is -0.741. The fourth-order valence-corrected chi connectivity index (χ4v) is 2.79. The molecule has 5 N–H and O–H groups in total. The molecule has 1 aromatic carbocycles. The van der Waals surface area contributed by atoms with Crippen molar-refractivity contribution in [2.75, 3.05) is 36.1 Å². The van der Waals surface area contributed by atoms with Gasteiger partial charge in [-0.05, 0) is 24.1 Å². The standard InChI is InChI=1S/C15H21N3O3/c16-11-8-12-10(1-2-14(19)18-12)7-13(11)17-9-15(20)3-5-21-6-4-15/h7-8,17,20H,1-6,9,16H2,(H,18,19). The average molecular weight is 291 g/mol. The smallest absolute Gasteiger partial charge is 0.224 e. The maximum atomic E-state index is 11.4. The lowest BCUT2D eigenvalue weighted by atomic mass is 9.94.